The van der Waals surface area contributed by atoms with Crippen molar-refractivity contribution in [2.24, 2.45) is 4.99 Å². The fourth-order valence-electron chi connectivity index (χ4n) is 2.70. The van der Waals surface area contributed by atoms with E-state index in [2.05, 4.69) is 20.9 Å². The lowest BCUT2D eigenvalue weighted by molar-refractivity contribution is -0.116. The molecule has 1 amide bonds. The van der Waals surface area contributed by atoms with Crippen LogP contribution in [-0.2, 0) is 14.3 Å². The van der Waals surface area contributed by atoms with E-state index < -0.39 is 0 Å². The molecule has 1 atom stereocenters. The summed E-state index contributed by atoms with van der Waals surface area (Å²) in [5.74, 6) is 0.744. The van der Waals surface area contributed by atoms with Gasteiger partial charge in [-0.2, -0.15) is 0 Å². The van der Waals surface area contributed by atoms with E-state index in [0.717, 1.165) is 44.2 Å². The maximum atomic E-state index is 12.0. The Morgan fingerprint density at radius 3 is 2.76 bits per heavy atom. The van der Waals surface area contributed by atoms with E-state index in [1.165, 1.54) is 0 Å². The number of nitrogens with one attached hydrogen (secondary N) is 3. The highest BCUT2D eigenvalue weighted by atomic mass is 127. The number of nitrogens with zero attached hydrogens (tertiary/aromatic N) is 1. The summed E-state index contributed by atoms with van der Waals surface area (Å²) in [7, 11) is 0. The lowest BCUT2D eigenvalue weighted by Gasteiger charge is -2.13. The average Bonchev–Trinajstić information content (AvgIpc) is 3.20. The number of ether oxygens (including phenoxy) is 2. The van der Waals surface area contributed by atoms with Crippen LogP contribution >= 0.6 is 35.6 Å². The number of anilines is 1. The Hall–Kier alpha value is -1.10. The van der Waals surface area contributed by atoms with Gasteiger partial charge in [-0.3, -0.25) is 9.79 Å². The second-order valence-corrected chi connectivity index (χ2v) is 6.99. The first-order valence-corrected chi connectivity index (χ1v) is 10.3. The number of guanidine groups is 1. The predicted octanol–water partition coefficient (Wildman–Crippen LogP) is 3.43. The van der Waals surface area contributed by atoms with Gasteiger partial charge in [0.2, 0.25) is 5.91 Å². The number of carbonyl (C=O) groups excluding carboxylic acids is 1. The summed E-state index contributed by atoms with van der Waals surface area (Å²) in [6, 6.07) is 7.08. The molecule has 1 heterocycles. The van der Waals surface area contributed by atoms with E-state index in [4.69, 9.17) is 21.1 Å². The summed E-state index contributed by atoms with van der Waals surface area (Å²) >= 11 is 5.84. The molecule has 1 aromatic carbocycles. The van der Waals surface area contributed by atoms with Crippen molar-refractivity contribution < 1.29 is 14.3 Å². The highest BCUT2D eigenvalue weighted by Crippen LogP contribution is 2.13. The van der Waals surface area contributed by atoms with E-state index >= 15 is 0 Å². The van der Waals surface area contributed by atoms with Crippen LogP contribution in [0.2, 0.25) is 5.02 Å². The van der Waals surface area contributed by atoms with Crippen molar-refractivity contribution in [1.82, 2.24) is 10.6 Å². The van der Waals surface area contributed by atoms with Gasteiger partial charge in [0.25, 0.3) is 0 Å². The molecule has 1 aliphatic rings. The van der Waals surface area contributed by atoms with E-state index in [0.29, 0.717) is 37.6 Å². The summed E-state index contributed by atoms with van der Waals surface area (Å²) in [4.78, 5) is 16.5. The second-order valence-electron chi connectivity index (χ2n) is 6.56. The molecular weight excluding hydrogens is 507 g/mol. The van der Waals surface area contributed by atoms with Crippen LogP contribution in [0.15, 0.2) is 29.3 Å². The molecule has 1 unspecified atom stereocenters. The third-order valence-corrected chi connectivity index (χ3v) is 4.41. The largest absolute Gasteiger partial charge is 0.379 e. The molecule has 0 aromatic heterocycles. The molecule has 1 saturated heterocycles. The van der Waals surface area contributed by atoms with Crippen molar-refractivity contribution in [2.45, 2.75) is 38.7 Å². The minimum atomic E-state index is -0.0245. The third-order valence-electron chi connectivity index (χ3n) is 4.16. The van der Waals surface area contributed by atoms with Crippen LogP contribution in [0.25, 0.3) is 0 Å². The first kappa shape index (κ1) is 25.9. The molecule has 1 fully saturated rings. The summed E-state index contributed by atoms with van der Waals surface area (Å²) in [6.07, 6.45) is 3.25. The molecule has 164 valence electrons. The lowest BCUT2D eigenvalue weighted by atomic mass is 10.2. The number of aliphatic imine (C=N–C) groups is 1. The highest BCUT2D eigenvalue weighted by Gasteiger charge is 2.15. The normalized spacial score (nSPS) is 16.2. The molecule has 3 N–H and O–H groups in total. The standard InChI is InChI=1S/C20H31ClN4O3.HI/c1-2-22-20(24-12-4-13-28-18-10-14-27-15-18)23-11-3-5-19(26)25-17-8-6-16(21)7-9-17;/h6-9,18H,2-5,10-15H2,1H3,(H,25,26)(H2,22,23,24);1H. The van der Waals surface area contributed by atoms with Crippen LogP contribution in [0.4, 0.5) is 5.69 Å². The van der Waals surface area contributed by atoms with Gasteiger partial charge in [0.1, 0.15) is 0 Å². The Morgan fingerprint density at radius 2 is 2.07 bits per heavy atom. The number of carbonyl (C=O) groups is 1. The van der Waals surface area contributed by atoms with Crippen LogP contribution in [0.1, 0.15) is 32.6 Å². The van der Waals surface area contributed by atoms with Crippen LogP contribution in [0, 0.1) is 0 Å². The molecule has 0 saturated carbocycles. The molecular formula is C20H32ClIN4O3. The monoisotopic (exact) mass is 538 g/mol. The Morgan fingerprint density at radius 1 is 1.28 bits per heavy atom. The first-order chi connectivity index (χ1) is 13.7. The van der Waals surface area contributed by atoms with Crippen molar-refractivity contribution in [3.8, 4) is 0 Å². The zero-order chi connectivity index (χ0) is 20.0. The van der Waals surface area contributed by atoms with Gasteiger partial charge >= 0.3 is 0 Å². The van der Waals surface area contributed by atoms with Crippen molar-refractivity contribution in [3.63, 3.8) is 0 Å². The SMILES string of the molecule is CCNC(=NCCCC(=O)Nc1ccc(Cl)cc1)NCCCOC1CCOC1.I. The highest BCUT2D eigenvalue weighted by molar-refractivity contribution is 14.0. The Kier molecular flexibility index (Phi) is 14.0. The van der Waals surface area contributed by atoms with E-state index in [-0.39, 0.29) is 36.0 Å². The number of amides is 1. The van der Waals surface area contributed by atoms with Gasteiger partial charge in [0.15, 0.2) is 5.96 Å². The Labute approximate surface area is 195 Å². The zero-order valence-corrected chi connectivity index (χ0v) is 20.0. The summed E-state index contributed by atoms with van der Waals surface area (Å²) in [6.45, 7) is 6.42. The second kappa shape index (κ2) is 15.7. The maximum Gasteiger partial charge on any atom is 0.224 e. The van der Waals surface area contributed by atoms with Crippen LogP contribution in [0.5, 0.6) is 0 Å². The molecule has 1 aromatic rings. The van der Waals surface area contributed by atoms with Gasteiger partial charge in [-0.25, -0.2) is 0 Å². The summed E-state index contributed by atoms with van der Waals surface area (Å²) in [5.41, 5.74) is 0.749. The molecule has 0 aliphatic carbocycles. The van der Waals surface area contributed by atoms with Gasteiger partial charge in [-0.1, -0.05) is 11.6 Å². The summed E-state index contributed by atoms with van der Waals surface area (Å²) < 4.78 is 11.0. The smallest absolute Gasteiger partial charge is 0.224 e. The predicted molar refractivity (Wildman–Crippen MR) is 129 cm³/mol. The molecule has 0 bridgehead atoms. The quantitative estimate of drug-likeness (QED) is 0.174. The van der Waals surface area contributed by atoms with Crippen molar-refractivity contribution >= 4 is 53.1 Å². The van der Waals surface area contributed by atoms with E-state index in [1.807, 2.05) is 6.92 Å². The van der Waals surface area contributed by atoms with Crippen molar-refractivity contribution in [2.75, 3.05) is 44.8 Å². The van der Waals surface area contributed by atoms with Gasteiger partial charge < -0.3 is 25.4 Å². The topological polar surface area (TPSA) is 84.0 Å². The fourth-order valence-corrected chi connectivity index (χ4v) is 2.83. The first-order valence-electron chi connectivity index (χ1n) is 9.94. The zero-order valence-electron chi connectivity index (χ0n) is 16.9. The van der Waals surface area contributed by atoms with Crippen LogP contribution < -0.4 is 16.0 Å². The molecule has 1 aliphatic heterocycles. The molecule has 2 rings (SSSR count). The van der Waals surface area contributed by atoms with Crippen molar-refractivity contribution in [3.05, 3.63) is 29.3 Å². The lowest BCUT2D eigenvalue weighted by Crippen LogP contribution is -2.38. The average molecular weight is 539 g/mol. The maximum absolute atomic E-state index is 12.0. The Bertz CT molecular complexity index is 610. The number of halogens is 2. The fraction of sp³-hybridized carbons (Fsp3) is 0.600. The molecule has 0 spiro atoms. The van der Waals surface area contributed by atoms with Gasteiger partial charge in [0.05, 0.1) is 12.7 Å². The third kappa shape index (κ3) is 11.6. The number of benzene rings is 1. The molecule has 9 heteroatoms. The number of hydrogen-bond donors (Lipinski definition) is 3. The number of hydrogen-bond acceptors (Lipinski definition) is 4. The summed E-state index contributed by atoms with van der Waals surface area (Å²) in [5, 5.41) is 10.0. The molecule has 29 heavy (non-hydrogen) atoms. The molecule has 7 nitrogen and oxygen atoms in total. The van der Waals surface area contributed by atoms with Crippen molar-refractivity contribution in [1.29, 1.82) is 0 Å². The van der Waals surface area contributed by atoms with E-state index in [1.54, 1.807) is 24.3 Å². The van der Waals surface area contributed by atoms with Gasteiger partial charge in [-0.05, 0) is 50.5 Å². The Balaban J connectivity index is 0.00000420. The molecule has 0 radical (unpaired) electrons. The minimum absolute atomic E-state index is 0. The van der Waals surface area contributed by atoms with Gasteiger partial charge in [0, 0.05) is 50.0 Å². The van der Waals surface area contributed by atoms with Crippen LogP contribution in [0.3, 0.4) is 0 Å². The number of rotatable bonds is 11. The van der Waals surface area contributed by atoms with Gasteiger partial charge in [-0.15, -0.1) is 24.0 Å². The minimum Gasteiger partial charge on any atom is -0.379 e. The van der Waals surface area contributed by atoms with Crippen LogP contribution in [-0.4, -0.2) is 57.4 Å². The van der Waals surface area contributed by atoms with E-state index in [9.17, 15) is 4.79 Å².